The largest absolute Gasteiger partial charge is 0.493 e. The van der Waals surface area contributed by atoms with Gasteiger partial charge in [0.15, 0.2) is 11.5 Å². The van der Waals surface area contributed by atoms with Crippen LogP contribution in [0.3, 0.4) is 0 Å². The molecular weight excluding hydrogens is 222 g/mol. The normalized spacial score (nSPS) is 11.3. The smallest absolute Gasteiger partial charge is 0.161 e. The van der Waals surface area contributed by atoms with E-state index in [1.54, 1.807) is 26.0 Å². The Kier molecular flexibility index (Phi) is 4.50. The van der Waals surface area contributed by atoms with Crippen LogP contribution in [0.4, 0.5) is 0 Å². The summed E-state index contributed by atoms with van der Waals surface area (Å²) in [7, 11) is 3.27. The van der Waals surface area contributed by atoms with Crippen molar-refractivity contribution in [1.29, 1.82) is 0 Å². The number of benzene rings is 1. The molecule has 0 aliphatic rings. The SMILES string of the molecule is COc1ccc(SC(C)(C)CN)cc1OC. The number of ether oxygens (including phenoxy) is 2. The molecule has 0 saturated carbocycles. The second kappa shape index (κ2) is 5.46. The maximum absolute atomic E-state index is 5.70. The van der Waals surface area contributed by atoms with Gasteiger partial charge < -0.3 is 15.2 Å². The van der Waals surface area contributed by atoms with E-state index in [0.29, 0.717) is 6.54 Å². The summed E-state index contributed by atoms with van der Waals surface area (Å²) in [4.78, 5) is 1.13. The number of hydrogen-bond acceptors (Lipinski definition) is 4. The van der Waals surface area contributed by atoms with Gasteiger partial charge in [0.05, 0.1) is 14.2 Å². The molecule has 0 fully saturated rings. The second-order valence-corrected chi connectivity index (χ2v) is 5.86. The molecule has 1 aromatic carbocycles. The monoisotopic (exact) mass is 241 g/mol. The van der Waals surface area contributed by atoms with E-state index < -0.39 is 0 Å². The van der Waals surface area contributed by atoms with Crippen molar-refractivity contribution in [1.82, 2.24) is 0 Å². The highest BCUT2D eigenvalue weighted by Crippen LogP contribution is 2.37. The molecule has 0 radical (unpaired) electrons. The fourth-order valence-electron chi connectivity index (χ4n) is 1.24. The first-order valence-corrected chi connectivity index (χ1v) is 5.95. The highest BCUT2D eigenvalue weighted by Gasteiger charge is 2.18. The van der Waals surface area contributed by atoms with Crippen LogP contribution in [0.2, 0.25) is 0 Å². The van der Waals surface area contributed by atoms with Crippen molar-refractivity contribution in [2.75, 3.05) is 20.8 Å². The molecule has 0 aliphatic heterocycles. The Morgan fingerprint density at radius 2 is 1.81 bits per heavy atom. The summed E-state index contributed by atoms with van der Waals surface area (Å²) in [5.41, 5.74) is 5.70. The number of rotatable bonds is 5. The summed E-state index contributed by atoms with van der Waals surface area (Å²) in [5.74, 6) is 1.50. The van der Waals surface area contributed by atoms with E-state index in [9.17, 15) is 0 Å². The van der Waals surface area contributed by atoms with Crippen LogP contribution >= 0.6 is 11.8 Å². The van der Waals surface area contributed by atoms with Gasteiger partial charge in [0.25, 0.3) is 0 Å². The van der Waals surface area contributed by atoms with E-state index in [4.69, 9.17) is 15.2 Å². The maximum Gasteiger partial charge on any atom is 0.161 e. The van der Waals surface area contributed by atoms with Crippen molar-refractivity contribution >= 4 is 11.8 Å². The lowest BCUT2D eigenvalue weighted by Gasteiger charge is -2.22. The van der Waals surface area contributed by atoms with Gasteiger partial charge in [-0.1, -0.05) is 0 Å². The van der Waals surface area contributed by atoms with E-state index in [2.05, 4.69) is 13.8 Å². The van der Waals surface area contributed by atoms with Gasteiger partial charge in [-0.3, -0.25) is 0 Å². The number of thioether (sulfide) groups is 1. The highest BCUT2D eigenvalue weighted by atomic mass is 32.2. The zero-order chi connectivity index (χ0) is 12.2. The quantitative estimate of drug-likeness (QED) is 0.805. The first-order chi connectivity index (χ1) is 7.52. The van der Waals surface area contributed by atoms with Gasteiger partial charge in [0.2, 0.25) is 0 Å². The molecule has 0 atom stereocenters. The molecule has 0 saturated heterocycles. The van der Waals surface area contributed by atoms with Crippen LogP contribution in [-0.2, 0) is 0 Å². The van der Waals surface area contributed by atoms with Crippen LogP contribution in [0.15, 0.2) is 23.1 Å². The molecule has 16 heavy (non-hydrogen) atoms. The van der Waals surface area contributed by atoms with Crippen LogP contribution in [0.5, 0.6) is 11.5 Å². The molecule has 0 aliphatic carbocycles. The molecule has 0 spiro atoms. The van der Waals surface area contributed by atoms with Gasteiger partial charge in [-0.2, -0.15) is 0 Å². The fraction of sp³-hybridized carbons (Fsp3) is 0.500. The van der Waals surface area contributed by atoms with Crippen LogP contribution < -0.4 is 15.2 Å². The zero-order valence-electron chi connectivity index (χ0n) is 10.2. The van der Waals surface area contributed by atoms with E-state index in [0.717, 1.165) is 16.4 Å². The van der Waals surface area contributed by atoms with Crippen LogP contribution in [0.25, 0.3) is 0 Å². The predicted octanol–water partition coefficient (Wildman–Crippen LogP) is 2.53. The van der Waals surface area contributed by atoms with E-state index in [1.807, 2.05) is 18.2 Å². The third-order valence-corrected chi connectivity index (χ3v) is 3.45. The molecule has 1 aromatic rings. The Bertz CT molecular complexity index is 353. The summed E-state index contributed by atoms with van der Waals surface area (Å²) >= 11 is 1.73. The molecule has 0 heterocycles. The molecule has 2 N–H and O–H groups in total. The molecule has 1 rings (SSSR count). The van der Waals surface area contributed by atoms with Gasteiger partial charge >= 0.3 is 0 Å². The lowest BCUT2D eigenvalue weighted by atomic mass is 10.2. The summed E-state index contributed by atoms with van der Waals surface area (Å²) < 4.78 is 10.5. The molecular formula is C12H19NO2S. The highest BCUT2D eigenvalue weighted by molar-refractivity contribution is 8.00. The minimum absolute atomic E-state index is 0.0274. The van der Waals surface area contributed by atoms with Crippen molar-refractivity contribution < 1.29 is 9.47 Å². The predicted molar refractivity (Wildman–Crippen MR) is 68.5 cm³/mol. The van der Waals surface area contributed by atoms with Crippen molar-refractivity contribution in [3.05, 3.63) is 18.2 Å². The maximum atomic E-state index is 5.70. The third kappa shape index (κ3) is 3.32. The first kappa shape index (κ1) is 13.2. The molecule has 0 unspecified atom stereocenters. The number of methoxy groups -OCH3 is 2. The summed E-state index contributed by atoms with van der Waals surface area (Å²) in [5, 5.41) is 0. The molecule has 0 aromatic heterocycles. The van der Waals surface area contributed by atoms with Crippen molar-refractivity contribution in [3.63, 3.8) is 0 Å². The first-order valence-electron chi connectivity index (χ1n) is 5.13. The van der Waals surface area contributed by atoms with E-state index in [-0.39, 0.29) is 4.75 Å². The van der Waals surface area contributed by atoms with Crippen molar-refractivity contribution in [3.8, 4) is 11.5 Å². The van der Waals surface area contributed by atoms with Gasteiger partial charge in [-0.15, -0.1) is 11.8 Å². The molecule has 4 heteroatoms. The molecule has 3 nitrogen and oxygen atoms in total. The van der Waals surface area contributed by atoms with Gasteiger partial charge in [-0.05, 0) is 32.0 Å². The van der Waals surface area contributed by atoms with Crippen LogP contribution in [0.1, 0.15) is 13.8 Å². The van der Waals surface area contributed by atoms with Gasteiger partial charge in [-0.25, -0.2) is 0 Å². The van der Waals surface area contributed by atoms with E-state index >= 15 is 0 Å². The number of nitrogens with two attached hydrogens (primary N) is 1. The van der Waals surface area contributed by atoms with Crippen molar-refractivity contribution in [2.24, 2.45) is 5.73 Å². The molecule has 0 amide bonds. The molecule has 0 bridgehead atoms. The van der Waals surface area contributed by atoms with Gasteiger partial charge in [0.1, 0.15) is 0 Å². The Morgan fingerprint density at radius 1 is 1.19 bits per heavy atom. The Morgan fingerprint density at radius 3 is 2.31 bits per heavy atom. The standard InChI is InChI=1S/C12H19NO2S/c1-12(2,8-13)16-9-5-6-10(14-3)11(7-9)15-4/h5-7H,8,13H2,1-4H3. The Balaban J connectivity index is 2.91. The molecule has 90 valence electrons. The van der Waals surface area contributed by atoms with Gasteiger partial charge in [0, 0.05) is 16.2 Å². The summed E-state index contributed by atoms with van der Waals surface area (Å²) in [6.07, 6.45) is 0. The third-order valence-electron chi connectivity index (χ3n) is 2.24. The Labute approximate surface area is 101 Å². The number of hydrogen-bond donors (Lipinski definition) is 1. The average Bonchev–Trinajstić information content (AvgIpc) is 2.28. The summed E-state index contributed by atoms with van der Waals surface area (Å²) in [6, 6.07) is 5.90. The minimum atomic E-state index is 0.0274. The van der Waals surface area contributed by atoms with Crippen LogP contribution in [0, 0.1) is 0 Å². The summed E-state index contributed by atoms with van der Waals surface area (Å²) in [6.45, 7) is 4.87. The van der Waals surface area contributed by atoms with E-state index in [1.165, 1.54) is 0 Å². The Hall–Kier alpha value is -0.870. The zero-order valence-corrected chi connectivity index (χ0v) is 11.1. The van der Waals surface area contributed by atoms with Crippen LogP contribution in [-0.4, -0.2) is 25.5 Å². The second-order valence-electron chi connectivity index (χ2n) is 4.08. The topological polar surface area (TPSA) is 44.5 Å². The average molecular weight is 241 g/mol. The minimum Gasteiger partial charge on any atom is -0.493 e. The van der Waals surface area contributed by atoms with Crippen molar-refractivity contribution in [2.45, 2.75) is 23.5 Å². The fourth-order valence-corrected chi connectivity index (χ4v) is 2.26. The lowest BCUT2D eigenvalue weighted by Crippen LogP contribution is -2.26. The lowest BCUT2D eigenvalue weighted by molar-refractivity contribution is 0.354.